The summed E-state index contributed by atoms with van der Waals surface area (Å²) in [4.78, 5) is 17.9. The SMILES string of the molecule is CCNC(=NCc1ccnc(N2CCCCC2)c1)NC1CCN(c2ncccc2F)C1.I. The lowest BCUT2D eigenvalue weighted by Gasteiger charge is -2.27. The first kappa shape index (κ1) is 24.5. The Balaban J connectivity index is 0.00000289. The van der Waals surface area contributed by atoms with Gasteiger partial charge in [0, 0.05) is 51.2 Å². The molecule has 2 aliphatic heterocycles. The maximum Gasteiger partial charge on any atom is 0.191 e. The zero-order valence-electron chi connectivity index (χ0n) is 18.6. The van der Waals surface area contributed by atoms with E-state index in [1.54, 1.807) is 12.3 Å². The van der Waals surface area contributed by atoms with Gasteiger partial charge in [-0.3, -0.25) is 0 Å². The highest BCUT2D eigenvalue weighted by Crippen LogP contribution is 2.21. The lowest BCUT2D eigenvalue weighted by Crippen LogP contribution is -2.44. The summed E-state index contributed by atoms with van der Waals surface area (Å²) < 4.78 is 14.1. The Morgan fingerprint density at radius 1 is 1.12 bits per heavy atom. The van der Waals surface area contributed by atoms with Gasteiger partial charge in [-0.2, -0.15) is 0 Å². The number of rotatable bonds is 6. The van der Waals surface area contributed by atoms with Crippen LogP contribution in [0.4, 0.5) is 16.0 Å². The maximum absolute atomic E-state index is 14.1. The normalized spacial score (nSPS) is 18.9. The van der Waals surface area contributed by atoms with E-state index in [-0.39, 0.29) is 35.8 Å². The van der Waals surface area contributed by atoms with Gasteiger partial charge in [0.1, 0.15) is 5.82 Å². The van der Waals surface area contributed by atoms with E-state index in [9.17, 15) is 4.39 Å². The molecule has 0 bridgehead atoms. The second kappa shape index (κ2) is 12.2. The molecule has 2 N–H and O–H groups in total. The lowest BCUT2D eigenvalue weighted by molar-refractivity contribution is 0.573. The average Bonchev–Trinajstić information content (AvgIpc) is 3.27. The van der Waals surface area contributed by atoms with Gasteiger partial charge in [-0.05, 0) is 62.4 Å². The monoisotopic (exact) mass is 553 g/mol. The molecule has 4 rings (SSSR count). The van der Waals surface area contributed by atoms with Crippen LogP contribution in [-0.2, 0) is 6.54 Å². The zero-order valence-corrected chi connectivity index (χ0v) is 21.0. The number of hydrogen-bond acceptors (Lipinski definition) is 5. The van der Waals surface area contributed by atoms with Gasteiger partial charge in [0.25, 0.3) is 0 Å². The van der Waals surface area contributed by atoms with Crippen molar-refractivity contribution in [2.45, 2.75) is 45.2 Å². The van der Waals surface area contributed by atoms with Gasteiger partial charge in [-0.1, -0.05) is 0 Å². The first-order chi connectivity index (χ1) is 15.2. The molecule has 32 heavy (non-hydrogen) atoms. The van der Waals surface area contributed by atoms with Gasteiger partial charge in [-0.25, -0.2) is 19.4 Å². The molecule has 0 radical (unpaired) electrons. The first-order valence-corrected chi connectivity index (χ1v) is 11.3. The molecule has 2 saturated heterocycles. The van der Waals surface area contributed by atoms with Gasteiger partial charge in [-0.15, -0.1) is 24.0 Å². The van der Waals surface area contributed by atoms with Crippen LogP contribution in [-0.4, -0.2) is 54.7 Å². The minimum atomic E-state index is -0.272. The number of pyridine rings is 2. The predicted molar refractivity (Wildman–Crippen MR) is 138 cm³/mol. The Kier molecular flexibility index (Phi) is 9.31. The summed E-state index contributed by atoms with van der Waals surface area (Å²) in [5.74, 6) is 1.99. The largest absolute Gasteiger partial charge is 0.357 e. The van der Waals surface area contributed by atoms with E-state index in [2.05, 4.69) is 38.5 Å². The molecular weight excluding hydrogens is 520 g/mol. The van der Waals surface area contributed by atoms with Crippen molar-refractivity contribution in [3.05, 3.63) is 48.0 Å². The van der Waals surface area contributed by atoms with E-state index in [4.69, 9.17) is 4.99 Å². The van der Waals surface area contributed by atoms with Gasteiger partial charge in [0.15, 0.2) is 17.6 Å². The van der Waals surface area contributed by atoms with E-state index in [0.29, 0.717) is 18.9 Å². The fourth-order valence-corrected chi connectivity index (χ4v) is 4.22. The Bertz CT molecular complexity index is 888. The van der Waals surface area contributed by atoms with Crippen LogP contribution in [0, 0.1) is 5.82 Å². The first-order valence-electron chi connectivity index (χ1n) is 11.3. The zero-order chi connectivity index (χ0) is 21.5. The lowest BCUT2D eigenvalue weighted by atomic mass is 10.1. The molecule has 9 heteroatoms. The highest BCUT2D eigenvalue weighted by Gasteiger charge is 2.26. The molecule has 2 fully saturated rings. The molecule has 0 saturated carbocycles. The molecule has 0 spiro atoms. The number of nitrogens with zero attached hydrogens (tertiary/aromatic N) is 5. The van der Waals surface area contributed by atoms with Crippen molar-refractivity contribution in [3.8, 4) is 0 Å². The number of guanidine groups is 1. The summed E-state index contributed by atoms with van der Waals surface area (Å²) in [5.41, 5.74) is 1.15. The van der Waals surface area contributed by atoms with Crippen LogP contribution in [0.2, 0.25) is 0 Å². The minimum Gasteiger partial charge on any atom is -0.357 e. The van der Waals surface area contributed by atoms with Crippen molar-refractivity contribution in [1.29, 1.82) is 0 Å². The second-order valence-corrected chi connectivity index (χ2v) is 8.15. The summed E-state index contributed by atoms with van der Waals surface area (Å²) in [6, 6.07) is 7.46. The topological polar surface area (TPSA) is 68.7 Å². The highest BCUT2D eigenvalue weighted by molar-refractivity contribution is 14.0. The van der Waals surface area contributed by atoms with Gasteiger partial charge < -0.3 is 20.4 Å². The van der Waals surface area contributed by atoms with Crippen LogP contribution in [0.5, 0.6) is 0 Å². The van der Waals surface area contributed by atoms with Crippen LogP contribution in [0.15, 0.2) is 41.7 Å². The fraction of sp³-hybridized carbons (Fsp3) is 0.522. The third kappa shape index (κ3) is 6.43. The number of hydrogen-bond donors (Lipinski definition) is 2. The predicted octanol–water partition coefficient (Wildman–Crippen LogP) is 3.56. The average molecular weight is 553 g/mol. The fourth-order valence-electron chi connectivity index (χ4n) is 4.22. The second-order valence-electron chi connectivity index (χ2n) is 8.15. The molecule has 2 aromatic heterocycles. The van der Waals surface area contributed by atoms with E-state index in [1.807, 2.05) is 17.2 Å². The van der Waals surface area contributed by atoms with Gasteiger partial charge >= 0.3 is 0 Å². The molecule has 4 heterocycles. The van der Waals surface area contributed by atoms with Crippen molar-refractivity contribution in [1.82, 2.24) is 20.6 Å². The maximum atomic E-state index is 14.1. The summed E-state index contributed by atoms with van der Waals surface area (Å²) in [5, 5.41) is 6.83. The van der Waals surface area contributed by atoms with Crippen LogP contribution in [0.25, 0.3) is 0 Å². The minimum absolute atomic E-state index is 0. The molecular formula is C23H33FIN7. The standard InChI is InChI=1S/C23H32FN7.HI/c1-2-25-23(29-19-9-14-31(17-19)22-20(24)7-6-10-27-22)28-16-18-8-11-26-21(15-18)30-12-4-3-5-13-30;/h6-8,10-11,15,19H,2-5,9,12-14,16-17H2,1H3,(H2,25,28,29);1H. The number of aliphatic imine (C=N–C) groups is 1. The van der Waals surface area contributed by atoms with Crippen LogP contribution >= 0.6 is 24.0 Å². The summed E-state index contributed by atoms with van der Waals surface area (Å²) in [7, 11) is 0. The van der Waals surface area contributed by atoms with Crippen molar-refractivity contribution in [2.24, 2.45) is 4.99 Å². The molecule has 1 atom stereocenters. The third-order valence-corrected chi connectivity index (χ3v) is 5.82. The molecule has 0 aliphatic carbocycles. The van der Waals surface area contributed by atoms with Crippen LogP contribution < -0.4 is 20.4 Å². The molecule has 0 aromatic carbocycles. The molecule has 2 aromatic rings. The van der Waals surface area contributed by atoms with Crippen LogP contribution in [0.1, 0.15) is 38.2 Å². The number of nitrogens with one attached hydrogen (secondary N) is 2. The molecule has 0 amide bonds. The smallest absolute Gasteiger partial charge is 0.191 e. The molecule has 7 nitrogen and oxygen atoms in total. The number of piperidine rings is 1. The molecule has 2 aliphatic rings. The summed E-state index contributed by atoms with van der Waals surface area (Å²) in [6.45, 7) is 7.07. The van der Waals surface area contributed by atoms with E-state index in [1.165, 1.54) is 25.3 Å². The van der Waals surface area contributed by atoms with E-state index >= 15 is 0 Å². The van der Waals surface area contributed by atoms with E-state index < -0.39 is 0 Å². The quantitative estimate of drug-likeness (QED) is 0.324. The summed E-state index contributed by atoms with van der Waals surface area (Å²) in [6.07, 6.45) is 8.21. The van der Waals surface area contributed by atoms with E-state index in [0.717, 1.165) is 49.9 Å². The number of anilines is 2. The van der Waals surface area contributed by atoms with Gasteiger partial charge in [0.05, 0.1) is 6.54 Å². The summed E-state index contributed by atoms with van der Waals surface area (Å²) >= 11 is 0. The Morgan fingerprint density at radius 3 is 2.75 bits per heavy atom. The Hall–Kier alpha value is -2.17. The third-order valence-electron chi connectivity index (χ3n) is 5.82. The van der Waals surface area contributed by atoms with Crippen molar-refractivity contribution in [3.63, 3.8) is 0 Å². The Labute approximate surface area is 206 Å². The molecule has 1 unspecified atom stereocenters. The highest BCUT2D eigenvalue weighted by atomic mass is 127. The Morgan fingerprint density at radius 2 is 1.97 bits per heavy atom. The number of halogens is 2. The van der Waals surface area contributed by atoms with Crippen LogP contribution in [0.3, 0.4) is 0 Å². The van der Waals surface area contributed by atoms with Crippen molar-refractivity contribution in [2.75, 3.05) is 42.5 Å². The molecule has 174 valence electrons. The number of aromatic nitrogens is 2. The van der Waals surface area contributed by atoms with Crippen molar-refractivity contribution >= 4 is 41.6 Å². The van der Waals surface area contributed by atoms with Gasteiger partial charge in [0.2, 0.25) is 0 Å². The van der Waals surface area contributed by atoms with Crippen molar-refractivity contribution < 1.29 is 4.39 Å².